The van der Waals surface area contributed by atoms with Crippen molar-refractivity contribution in [3.63, 3.8) is 0 Å². The molecule has 0 N–H and O–H groups in total. The topological polar surface area (TPSA) is 107 Å². The van der Waals surface area contributed by atoms with Gasteiger partial charge in [0.2, 0.25) is 20.0 Å². The summed E-state index contributed by atoms with van der Waals surface area (Å²) in [4.78, 5) is 13.4. The van der Waals surface area contributed by atoms with Gasteiger partial charge in [-0.1, -0.05) is 52.5 Å². The highest BCUT2D eigenvalue weighted by molar-refractivity contribution is 7.89. The molecule has 0 bridgehead atoms. The largest absolute Gasteiger partial charge is 0.345 e. The Morgan fingerprint density at radius 2 is 0.935 bits per heavy atom. The molecular weight excluding hydrogens is 975 g/mol. The first-order valence-electron chi connectivity index (χ1n) is 18.6. The number of nitrogens with zero attached hydrogens (tertiary/aromatic N) is 6. The Morgan fingerprint density at radius 3 is 1.35 bits per heavy atom. The maximum Gasteiger partial charge on any atom is 0.243 e. The van der Waals surface area contributed by atoms with E-state index in [4.69, 9.17) is 46.4 Å². The van der Waals surface area contributed by atoms with Crippen LogP contribution >= 0.6 is 69.1 Å². The number of halogens is 8. The lowest BCUT2D eigenvalue weighted by Crippen LogP contribution is -2.48. The molecule has 0 aliphatic carbocycles. The fourth-order valence-electron chi connectivity index (χ4n) is 6.64. The number of aromatic nitrogens is 2. The van der Waals surface area contributed by atoms with Crippen LogP contribution in [0.15, 0.2) is 93.3 Å². The van der Waals surface area contributed by atoms with Gasteiger partial charge >= 0.3 is 0 Å². The minimum Gasteiger partial charge on any atom is -0.345 e. The van der Waals surface area contributed by atoms with E-state index in [1.165, 1.54) is 91.9 Å². The summed E-state index contributed by atoms with van der Waals surface area (Å²) in [6.45, 7) is 3.13. The molecule has 2 fully saturated rings. The standard InChI is InChI=1S/2C20H17Cl2F2N3O2S2/c21-16-3-2-15(11-17(16)22)31(28,29)27-7-5-26(6-8-27)20-25-14(12-30-20)9-13-1-4-18(23)19(24)10-13;21-18-2-1-17(11-19(18)22)31(28,29)27-5-3-26(4-6-27)20-25-16(12-30-20)9-13-7-14(23)10-15(24)8-13/h1-4,10-12H,5-9H2;1-2,7-8,10-12H,3-6,9H2. The Kier molecular flexibility index (Phi) is 14.7. The van der Waals surface area contributed by atoms with Crippen LogP contribution in [-0.2, 0) is 32.9 Å². The second-order valence-electron chi connectivity index (χ2n) is 14.1. The lowest BCUT2D eigenvalue weighted by molar-refractivity contribution is 0.384. The summed E-state index contributed by atoms with van der Waals surface area (Å²) in [5, 5.41) is 6.21. The SMILES string of the molecule is O=S(=O)(c1ccc(Cl)c(Cl)c1)N1CCN(c2nc(Cc3cc(F)cc(F)c3)cs2)CC1.O=S(=O)(c1ccc(Cl)c(Cl)c1)N1CCN(c2nc(Cc3ccc(F)c(F)c3)cs2)CC1. The number of hydrogen-bond acceptors (Lipinski definition) is 10. The van der Waals surface area contributed by atoms with Crippen molar-refractivity contribution in [2.24, 2.45) is 0 Å². The maximum absolute atomic E-state index is 13.4. The van der Waals surface area contributed by atoms with E-state index in [1.54, 1.807) is 0 Å². The van der Waals surface area contributed by atoms with Crippen LogP contribution in [0, 0.1) is 23.3 Å². The number of sulfonamides is 2. The van der Waals surface area contributed by atoms with Gasteiger partial charge in [0, 0.05) is 82.0 Å². The van der Waals surface area contributed by atoms with Crippen LogP contribution in [0.3, 0.4) is 0 Å². The Bertz CT molecular complexity index is 2780. The van der Waals surface area contributed by atoms with Crippen molar-refractivity contribution in [1.82, 2.24) is 18.6 Å². The molecule has 0 atom stereocenters. The van der Waals surface area contributed by atoms with Gasteiger partial charge in [-0.25, -0.2) is 44.4 Å². The van der Waals surface area contributed by atoms with E-state index in [0.717, 1.165) is 28.1 Å². The van der Waals surface area contributed by atoms with Crippen LogP contribution in [0.2, 0.25) is 20.1 Å². The van der Waals surface area contributed by atoms with Gasteiger partial charge in [0.05, 0.1) is 41.3 Å². The van der Waals surface area contributed by atoms with Crippen molar-refractivity contribution in [3.8, 4) is 0 Å². The summed E-state index contributed by atoms with van der Waals surface area (Å²) in [5.41, 5.74) is 2.59. The van der Waals surface area contributed by atoms with Crippen LogP contribution in [0.5, 0.6) is 0 Å². The summed E-state index contributed by atoms with van der Waals surface area (Å²) in [6.07, 6.45) is 0.705. The fraction of sp³-hybridized carbons (Fsp3) is 0.250. The number of anilines is 2. The average Bonchev–Trinajstić information content (AvgIpc) is 3.91. The van der Waals surface area contributed by atoms with E-state index in [9.17, 15) is 34.4 Å². The highest BCUT2D eigenvalue weighted by atomic mass is 35.5. The van der Waals surface area contributed by atoms with Crippen LogP contribution < -0.4 is 9.80 Å². The third kappa shape index (κ3) is 11.0. The summed E-state index contributed by atoms with van der Waals surface area (Å²) < 4.78 is 108. The summed E-state index contributed by atoms with van der Waals surface area (Å²) in [7, 11) is -7.34. The second-order valence-corrected chi connectivity index (χ2v) is 21.2. The lowest BCUT2D eigenvalue weighted by atomic mass is 10.1. The average molecular weight is 1010 g/mol. The summed E-state index contributed by atoms with van der Waals surface area (Å²) >= 11 is 26.6. The van der Waals surface area contributed by atoms with Crippen molar-refractivity contribution in [3.05, 3.63) is 149 Å². The normalized spacial score (nSPS) is 15.4. The minimum atomic E-state index is -3.68. The molecule has 62 heavy (non-hydrogen) atoms. The van der Waals surface area contributed by atoms with Crippen LogP contribution in [0.1, 0.15) is 22.5 Å². The van der Waals surface area contributed by atoms with Crippen molar-refractivity contribution in [1.29, 1.82) is 0 Å². The zero-order valence-corrected chi connectivity index (χ0v) is 38.4. The van der Waals surface area contributed by atoms with E-state index < -0.39 is 43.3 Å². The number of piperazine rings is 2. The molecule has 6 aromatic rings. The Balaban J connectivity index is 0.000000186. The first-order chi connectivity index (χ1) is 29.5. The molecule has 0 radical (unpaired) electrons. The zero-order chi connectivity index (χ0) is 44.3. The van der Waals surface area contributed by atoms with Gasteiger partial charge in [-0.3, -0.25) is 0 Å². The van der Waals surface area contributed by atoms with Gasteiger partial charge in [0.1, 0.15) is 11.6 Å². The molecule has 328 valence electrons. The monoisotopic (exact) mass is 1010 g/mol. The van der Waals surface area contributed by atoms with E-state index in [2.05, 4.69) is 9.97 Å². The molecule has 2 aliphatic rings. The first kappa shape index (κ1) is 46.4. The van der Waals surface area contributed by atoms with Gasteiger partial charge in [0.25, 0.3) is 0 Å². The van der Waals surface area contributed by atoms with Crippen molar-refractivity contribution < 1.29 is 34.4 Å². The van der Waals surface area contributed by atoms with Crippen LogP contribution in [0.4, 0.5) is 27.8 Å². The van der Waals surface area contributed by atoms with Crippen molar-refractivity contribution in [2.75, 3.05) is 62.2 Å². The number of benzene rings is 4. The fourth-order valence-corrected chi connectivity index (χ4v) is 12.0. The number of thiazole rings is 2. The van der Waals surface area contributed by atoms with Gasteiger partial charge in [0.15, 0.2) is 21.9 Å². The summed E-state index contributed by atoms with van der Waals surface area (Å²) in [5.74, 6) is -3.00. The highest BCUT2D eigenvalue weighted by Crippen LogP contribution is 2.31. The lowest BCUT2D eigenvalue weighted by Gasteiger charge is -2.33. The van der Waals surface area contributed by atoms with Gasteiger partial charge in [-0.15, -0.1) is 22.7 Å². The van der Waals surface area contributed by atoms with E-state index in [0.29, 0.717) is 92.1 Å². The van der Waals surface area contributed by atoms with Crippen LogP contribution in [0.25, 0.3) is 0 Å². The molecule has 10 nitrogen and oxygen atoms in total. The first-order valence-corrected chi connectivity index (χ1v) is 24.8. The molecule has 0 saturated carbocycles. The molecule has 4 aromatic carbocycles. The van der Waals surface area contributed by atoms with Gasteiger partial charge in [-0.2, -0.15) is 8.61 Å². The van der Waals surface area contributed by atoms with Crippen LogP contribution in [-0.4, -0.2) is 87.8 Å². The Labute approximate surface area is 384 Å². The molecule has 4 heterocycles. The minimum absolute atomic E-state index is 0.106. The highest BCUT2D eigenvalue weighted by Gasteiger charge is 2.31. The molecule has 0 spiro atoms. The molecule has 8 rings (SSSR count). The molecule has 0 unspecified atom stereocenters. The van der Waals surface area contributed by atoms with E-state index in [1.807, 2.05) is 20.6 Å². The van der Waals surface area contributed by atoms with Crippen molar-refractivity contribution >= 4 is 99.4 Å². The van der Waals surface area contributed by atoms with Gasteiger partial charge < -0.3 is 9.80 Å². The van der Waals surface area contributed by atoms with E-state index >= 15 is 0 Å². The Hall–Kier alpha value is -3.56. The third-order valence-corrected chi connectivity index (χ3v) is 17.0. The van der Waals surface area contributed by atoms with Gasteiger partial charge in [-0.05, 0) is 71.8 Å². The van der Waals surface area contributed by atoms with E-state index in [-0.39, 0.29) is 19.8 Å². The predicted molar refractivity (Wildman–Crippen MR) is 237 cm³/mol. The second kappa shape index (κ2) is 19.7. The number of rotatable bonds is 10. The molecule has 22 heteroatoms. The summed E-state index contributed by atoms with van der Waals surface area (Å²) in [6, 6.07) is 15.7. The molecule has 0 amide bonds. The predicted octanol–water partition coefficient (Wildman–Crippen LogP) is 9.66. The molecule has 2 aliphatic heterocycles. The van der Waals surface area contributed by atoms with Crippen molar-refractivity contribution in [2.45, 2.75) is 22.6 Å². The molecule has 2 aromatic heterocycles. The smallest absolute Gasteiger partial charge is 0.243 e. The maximum atomic E-state index is 13.4. The third-order valence-electron chi connectivity index (χ3n) is 9.83. The molecule has 2 saturated heterocycles. The zero-order valence-electron chi connectivity index (χ0n) is 32.1. The number of hydrogen-bond donors (Lipinski definition) is 0. The molecular formula is C40H34Cl4F4N6O4S4. The quantitative estimate of drug-likeness (QED) is 0.125. The Morgan fingerprint density at radius 1 is 0.500 bits per heavy atom.